The second-order valence-electron chi connectivity index (χ2n) is 5.58. The molecule has 1 aliphatic carbocycles. The summed E-state index contributed by atoms with van der Waals surface area (Å²) >= 11 is 8.00. The molecule has 0 spiro atoms. The molecule has 1 atom stereocenters. The van der Waals surface area contributed by atoms with Crippen LogP contribution in [0.15, 0.2) is 24.3 Å². The van der Waals surface area contributed by atoms with Crippen LogP contribution in [-0.4, -0.2) is 11.0 Å². The van der Waals surface area contributed by atoms with Crippen LogP contribution in [0.1, 0.15) is 47.5 Å². The van der Waals surface area contributed by atoms with Gasteiger partial charge in [0.05, 0.1) is 11.7 Å². The van der Waals surface area contributed by atoms with E-state index in [-0.39, 0.29) is 6.04 Å². The monoisotopic (exact) mass is 306 g/mol. The molecule has 1 aromatic carbocycles. The zero-order valence-electron chi connectivity index (χ0n) is 11.8. The number of hydrogen-bond donors (Lipinski definition) is 1. The minimum absolute atomic E-state index is 0.143. The standard InChI is InChI=1S/C16H19ClN2S/c1-10(2)18-15(11-5-3-6-12(17)9-11)16-19-13-7-4-8-14(13)20-16/h3,5-6,9-10,15,18H,4,7-8H2,1-2H3. The van der Waals surface area contributed by atoms with E-state index in [0.717, 1.165) is 11.4 Å². The summed E-state index contributed by atoms with van der Waals surface area (Å²) in [6, 6.07) is 8.63. The number of halogens is 1. The van der Waals surface area contributed by atoms with Crippen molar-refractivity contribution < 1.29 is 0 Å². The summed E-state index contributed by atoms with van der Waals surface area (Å²) in [5, 5.41) is 5.57. The molecule has 4 heteroatoms. The molecule has 20 heavy (non-hydrogen) atoms. The number of nitrogens with zero attached hydrogens (tertiary/aromatic N) is 1. The van der Waals surface area contributed by atoms with Gasteiger partial charge in [-0.2, -0.15) is 0 Å². The predicted molar refractivity (Wildman–Crippen MR) is 85.7 cm³/mol. The molecule has 1 heterocycles. The number of aryl methyl sites for hydroxylation is 2. The molecule has 2 aromatic rings. The fourth-order valence-electron chi connectivity index (χ4n) is 2.66. The molecule has 0 radical (unpaired) electrons. The van der Waals surface area contributed by atoms with Crippen LogP contribution in [0, 0.1) is 0 Å². The fraction of sp³-hybridized carbons (Fsp3) is 0.438. The lowest BCUT2D eigenvalue weighted by Gasteiger charge is -2.20. The van der Waals surface area contributed by atoms with Crippen LogP contribution in [0.5, 0.6) is 0 Å². The summed E-state index contributed by atoms with van der Waals surface area (Å²) in [5.41, 5.74) is 2.50. The first-order chi connectivity index (χ1) is 9.63. The maximum absolute atomic E-state index is 6.14. The van der Waals surface area contributed by atoms with Crippen LogP contribution in [-0.2, 0) is 12.8 Å². The smallest absolute Gasteiger partial charge is 0.115 e. The average molecular weight is 307 g/mol. The molecule has 0 saturated carbocycles. The third-order valence-corrected chi connectivity index (χ3v) is 5.00. The number of benzene rings is 1. The first kappa shape index (κ1) is 14.1. The van der Waals surface area contributed by atoms with Crippen molar-refractivity contribution in [3.05, 3.63) is 50.4 Å². The average Bonchev–Trinajstić information content (AvgIpc) is 2.96. The molecule has 1 N–H and O–H groups in total. The van der Waals surface area contributed by atoms with Gasteiger partial charge >= 0.3 is 0 Å². The van der Waals surface area contributed by atoms with Crippen molar-refractivity contribution in [3.63, 3.8) is 0 Å². The largest absolute Gasteiger partial charge is 0.302 e. The van der Waals surface area contributed by atoms with Crippen LogP contribution in [0.3, 0.4) is 0 Å². The number of thiazole rings is 1. The van der Waals surface area contributed by atoms with E-state index in [1.165, 1.54) is 34.0 Å². The van der Waals surface area contributed by atoms with Gasteiger partial charge in [0.15, 0.2) is 0 Å². The van der Waals surface area contributed by atoms with E-state index in [4.69, 9.17) is 16.6 Å². The van der Waals surface area contributed by atoms with E-state index in [9.17, 15) is 0 Å². The predicted octanol–water partition coefficient (Wildman–Crippen LogP) is 4.37. The van der Waals surface area contributed by atoms with Gasteiger partial charge in [-0.05, 0) is 50.8 Å². The normalized spacial score (nSPS) is 15.6. The van der Waals surface area contributed by atoms with Gasteiger partial charge in [-0.3, -0.25) is 0 Å². The molecular weight excluding hydrogens is 288 g/mol. The topological polar surface area (TPSA) is 24.9 Å². The highest BCUT2D eigenvalue weighted by atomic mass is 35.5. The first-order valence-electron chi connectivity index (χ1n) is 7.13. The van der Waals surface area contributed by atoms with E-state index < -0.39 is 0 Å². The van der Waals surface area contributed by atoms with Gasteiger partial charge in [0, 0.05) is 15.9 Å². The van der Waals surface area contributed by atoms with Gasteiger partial charge in [-0.25, -0.2) is 4.98 Å². The summed E-state index contributed by atoms with van der Waals surface area (Å²) in [4.78, 5) is 6.33. The van der Waals surface area contributed by atoms with Crippen molar-refractivity contribution >= 4 is 22.9 Å². The second kappa shape index (κ2) is 5.84. The third-order valence-electron chi connectivity index (χ3n) is 3.54. The van der Waals surface area contributed by atoms with E-state index in [2.05, 4.69) is 25.2 Å². The second-order valence-corrected chi connectivity index (χ2v) is 7.14. The summed E-state index contributed by atoms with van der Waals surface area (Å²) in [5.74, 6) is 0. The van der Waals surface area contributed by atoms with E-state index >= 15 is 0 Å². The molecule has 106 valence electrons. The maximum Gasteiger partial charge on any atom is 0.115 e. The van der Waals surface area contributed by atoms with Gasteiger partial charge in [0.2, 0.25) is 0 Å². The summed E-state index contributed by atoms with van der Waals surface area (Å²) in [6.45, 7) is 4.33. The minimum atomic E-state index is 0.143. The Labute approximate surface area is 129 Å². The van der Waals surface area contributed by atoms with Crippen LogP contribution >= 0.6 is 22.9 Å². The Kier molecular flexibility index (Phi) is 4.11. The fourth-order valence-corrected chi connectivity index (χ4v) is 4.10. The molecular formula is C16H19ClN2S. The molecule has 0 saturated heterocycles. The lowest BCUT2D eigenvalue weighted by Crippen LogP contribution is -2.29. The summed E-state index contributed by atoms with van der Waals surface area (Å²) < 4.78 is 0. The molecule has 1 unspecified atom stereocenters. The summed E-state index contributed by atoms with van der Waals surface area (Å²) in [6.07, 6.45) is 3.58. The molecule has 3 rings (SSSR count). The van der Waals surface area contributed by atoms with Gasteiger partial charge in [-0.1, -0.05) is 23.7 Å². The first-order valence-corrected chi connectivity index (χ1v) is 8.33. The van der Waals surface area contributed by atoms with Crippen LogP contribution in [0.4, 0.5) is 0 Å². The molecule has 0 amide bonds. The Bertz CT molecular complexity index is 585. The Morgan fingerprint density at radius 2 is 2.15 bits per heavy atom. The highest BCUT2D eigenvalue weighted by Crippen LogP contribution is 2.34. The zero-order valence-corrected chi connectivity index (χ0v) is 13.4. The minimum Gasteiger partial charge on any atom is -0.302 e. The number of rotatable bonds is 4. The number of hydrogen-bond acceptors (Lipinski definition) is 3. The SMILES string of the molecule is CC(C)NC(c1cccc(Cl)c1)c1nc2c(s1)CCC2. The van der Waals surface area contributed by atoms with E-state index in [1.807, 2.05) is 29.5 Å². The van der Waals surface area contributed by atoms with Crippen LogP contribution in [0.25, 0.3) is 0 Å². The molecule has 2 nitrogen and oxygen atoms in total. The van der Waals surface area contributed by atoms with Crippen LogP contribution in [0.2, 0.25) is 5.02 Å². The molecule has 0 aliphatic heterocycles. The summed E-state index contributed by atoms with van der Waals surface area (Å²) in [7, 11) is 0. The maximum atomic E-state index is 6.14. The Balaban J connectivity index is 1.96. The van der Waals surface area contributed by atoms with Crippen molar-refractivity contribution in [1.82, 2.24) is 10.3 Å². The quantitative estimate of drug-likeness (QED) is 0.907. The lowest BCUT2D eigenvalue weighted by atomic mass is 10.1. The van der Waals surface area contributed by atoms with Crippen molar-refractivity contribution in [2.75, 3.05) is 0 Å². The molecule has 1 aliphatic rings. The van der Waals surface area contributed by atoms with Gasteiger partial charge in [0.1, 0.15) is 5.01 Å². The zero-order chi connectivity index (χ0) is 14.1. The third kappa shape index (κ3) is 2.90. The van der Waals surface area contributed by atoms with Crippen molar-refractivity contribution in [2.24, 2.45) is 0 Å². The van der Waals surface area contributed by atoms with E-state index in [0.29, 0.717) is 6.04 Å². The van der Waals surface area contributed by atoms with Gasteiger partial charge < -0.3 is 5.32 Å². The number of fused-ring (bicyclic) bond motifs is 1. The molecule has 1 aromatic heterocycles. The number of aromatic nitrogens is 1. The van der Waals surface area contributed by atoms with Crippen LogP contribution < -0.4 is 5.32 Å². The Morgan fingerprint density at radius 1 is 1.30 bits per heavy atom. The van der Waals surface area contributed by atoms with Gasteiger partial charge in [0.25, 0.3) is 0 Å². The Morgan fingerprint density at radius 3 is 2.85 bits per heavy atom. The Hall–Kier alpha value is -0.900. The van der Waals surface area contributed by atoms with Crippen molar-refractivity contribution in [1.29, 1.82) is 0 Å². The van der Waals surface area contributed by atoms with E-state index in [1.54, 1.807) is 0 Å². The molecule has 0 fully saturated rings. The van der Waals surface area contributed by atoms with Crippen molar-refractivity contribution in [2.45, 2.75) is 45.2 Å². The highest BCUT2D eigenvalue weighted by molar-refractivity contribution is 7.11. The van der Waals surface area contributed by atoms with Crippen molar-refractivity contribution in [3.8, 4) is 0 Å². The molecule has 0 bridgehead atoms. The van der Waals surface area contributed by atoms with Gasteiger partial charge in [-0.15, -0.1) is 11.3 Å². The number of nitrogens with one attached hydrogen (secondary N) is 1. The lowest BCUT2D eigenvalue weighted by molar-refractivity contribution is 0.526. The highest BCUT2D eigenvalue weighted by Gasteiger charge is 2.23.